The van der Waals surface area contributed by atoms with E-state index in [-0.39, 0.29) is 0 Å². The highest BCUT2D eigenvalue weighted by molar-refractivity contribution is 5.42. The van der Waals surface area contributed by atoms with Crippen LogP contribution in [-0.4, -0.2) is 42.4 Å². The normalized spacial score (nSPS) is 10.8. The van der Waals surface area contributed by atoms with E-state index in [4.69, 9.17) is 9.47 Å². The van der Waals surface area contributed by atoms with Crippen LogP contribution in [0, 0.1) is 6.92 Å². The van der Waals surface area contributed by atoms with E-state index >= 15 is 0 Å². The topological polar surface area (TPSA) is 50.4 Å². The lowest BCUT2D eigenvalue weighted by atomic mass is 10.2. The number of H-pyrrole nitrogens is 1. The maximum absolute atomic E-state index is 5.78. The number of benzene rings is 1. The van der Waals surface area contributed by atoms with Gasteiger partial charge in [-0.3, -0.25) is 10.00 Å². The maximum Gasteiger partial charge on any atom is 0.161 e. The van der Waals surface area contributed by atoms with Gasteiger partial charge < -0.3 is 9.47 Å². The van der Waals surface area contributed by atoms with Crippen molar-refractivity contribution in [1.29, 1.82) is 0 Å². The van der Waals surface area contributed by atoms with Crippen molar-refractivity contribution in [1.82, 2.24) is 15.1 Å². The molecule has 5 nitrogen and oxygen atoms in total. The van der Waals surface area contributed by atoms with E-state index in [1.807, 2.05) is 31.2 Å². The summed E-state index contributed by atoms with van der Waals surface area (Å²) in [5, 5.41) is 6.88. The quantitative estimate of drug-likeness (QED) is 0.842. The van der Waals surface area contributed by atoms with Crippen LogP contribution in [0.2, 0.25) is 0 Å². The van der Waals surface area contributed by atoms with Gasteiger partial charge in [0.25, 0.3) is 0 Å². The van der Waals surface area contributed by atoms with Crippen LogP contribution in [0.1, 0.15) is 11.3 Å². The number of nitrogens with one attached hydrogen (secondary N) is 1. The Hall–Kier alpha value is -2.01. The lowest BCUT2D eigenvalue weighted by Crippen LogP contribution is -2.24. The SMILES string of the molecule is COc1cc(C)ccc1OCCN(C)Cc1ccn[nH]1. The molecule has 0 spiro atoms. The molecule has 108 valence electrons. The zero-order valence-electron chi connectivity index (χ0n) is 12.2. The van der Waals surface area contributed by atoms with Crippen molar-refractivity contribution in [3.63, 3.8) is 0 Å². The van der Waals surface area contributed by atoms with Gasteiger partial charge in [0.2, 0.25) is 0 Å². The molecule has 0 radical (unpaired) electrons. The van der Waals surface area contributed by atoms with Crippen LogP contribution >= 0.6 is 0 Å². The molecule has 0 unspecified atom stereocenters. The van der Waals surface area contributed by atoms with Crippen molar-refractivity contribution in [2.24, 2.45) is 0 Å². The van der Waals surface area contributed by atoms with Gasteiger partial charge >= 0.3 is 0 Å². The summed E-state index contributed by atoms with van der Waals surface area (Å²) < 4.78 is 11.1. The zero-order chi connectivity index (χ0) is 14.4. The summed E-state index contributed by atoms with van der Waals surface area (Å²) >= 11 is 0. The molecule has 0 atom stereocenters. The molecule has 0 aliphatic heterocycles. The van der Waals surface area contributed by atoms with Gasteiger partial charge in [-0.2, -0.15) is 5.10 Å². The number of aromatic nitrogens is 2. The van der Waals surface area contributed by atoms with Gasteiger partial charge in [0, 0.05) is 25.0 Å². The highest BCUT2D eigenvalue weighted by Gasteiger charge is 2.06. The maximum atomic E-state index is 5.78. The van der Waals surface area contributed by atoms with Crippen molar-refractivity contribution in [2.45, 2.75) is 13.5 Å². The average Bonchev–Trinajstić information content (AvgIpc) is 2.93. The Morgan fingerprint density at radius 3 is 2.80 bits per heavy atom. The number of likely N-dealkylation sites (N-methyl/N-ethyl adjacent to an activating group) is 1. The van der Waals surface area contributed by atoms with E-state index < -0.39 is 0 Å². The first-order valence-corrected chi connectivity index (χ1v) is 6.63. The Morgan fingerprint density at radius 1 is 1.25 bits per heavy atom. The van der Waals surface area contributed by atoms with Crippen LogP contribution in [0.15, 0.2) is 30.5 Å². The monoisotopic (exact) mass is 275 g/mol. The Labute approximate surface area is 119 Å². The first kappa shape index (κ1) is 14.4. The molecule has 20 heavy (non-hydrogen) atoms. The summed E-state index contributed by atoms with van der Waals surface area (Å²) in [5.41, 5.74) is 2.26. The lowest BCUT2D eigenvalue weighted by Gasteiger charge is -2.17. The van der Waals surface area contributed by atoms with Crippen molar-refractivity contribution in [3.8, 4) is 11.5 Å². The van der Waals surface area contributed by atoms with Crippen LogP contribution in [-0.2, 0) is 6.54 Å². The number of aryl methyl sites for hydroxylation is 1. The van der Waals surface area contributed by atoms with Crippen LogP contribution in [0.3, 0.4) is 0 Å². The number of hydrogen-bond donors (Lipinski definition) is 1. The molecule has 2 aromatic rings. The molecule has 1 aromatic heterocycles. The molecule has 0 aliphatic rings. The van der Waals surface area contributed by atoms with Crippen LogP contribution < -0.4 is 9.47 Å². The van der Waals surface area contributed by atoms with E-state index in [9.17, 15) is 0 Å². The van der Waals surface area contributed by atoms with Crippen LogP contribution in [0.25, 0.3) is 0 Å². The predicted molar refractivity (Wildman–Crippen MR) is 78.1 cm³/mol. The summed E-state index contributed by atoms with van der Waals surface area (Å²) in [6.07, 6.45) is 1.76. The number of methoxy groups -OCH3 is 1. The second-order valence-electron chi connectivity index (χ2n) is 4.82. The fourth-order valence-electron chi connectivity index (χ4n) is 1.95. The number of rotatable bonds is 7. The molecule has 0 saturated heterocycles. The van der Waals surface area contributed by atoms with Gasteiger partial charge in [0.05, 0.1) is 7.11 Å². The van der Waals surface area contributed by atoms with Gasteiger partial charge in [-0.1, -0.05) is 6.07 Å². The molecule has 0 bridgehead atoms. The van der Waals surface area contributed by atoms with Gasteiger partial charge in [0.15, 0.2) is 11.5 Å². The Morgan fingerprint density at radius 2 is 2.10 bits per heavy atom. The molecule has 0 saturated carbocycles. The third-order valence-electron chi connectivity index (χ3n) is 3.05. The molecular weight excluding hydrogens is 254 g/mol. The molecule has 1 heterocycles. The third kappa shape index (κ3) is 3.99. The molecule has 0 fully saturated rings. The number of nitrogens with zero attached hydrogens (tertiary/aromatic N) is 2. The average molecular weight is 275 g/mol. The predicted octanol–water partition coefficient (Wildman–Crippen LogP) is 2.24. The Bertz CT molecular complexity index is 526. The van der Waals surface area contributed by atoms with Gasteiger partial charge in [-0.05, 0) is 37.7 Å². The highest BCUT2D eigenvalue weighted by atomic mass is 16.5. The largest absolute Gasteiger partial charge is 0.493 e. The van der Waals surface area contributed by atoms with E-state index in [0.29, 0.717) is 6.61 Å². The van der Waals surface area contributed by atoms with Crippen molar-refractivity contribution < 1.29 is 9.47 Å². The summed E-state index contributed by atoms with van der Waals surface area (Å²) in [4.78, 5) is 2.17. The van der Waals surface area contributed by atoms with Crippen LogP contribution in [0.5, 0.6) is 11.5 Å². The van der Waals surface area contributed by atoms with Crippen molar-refractivity contribution in [2.75, 3.05) is 27.3 Å². The number of hydrogen-bond acceptors (Lipinski definition) is 4. The molecule has 2 rings (SSSR count). The number of aromatic amines is 1. The van der Waals surface area contributed by atoms with Crippen molar-refractivity contribution >= 4 is 0 Å². The molecule has 1 N–H and O–H groups in total. The van der Waals surface area contributed by atoms with Gasteiger partial charge in [0.1, 0.15) is 6.61 Å². The van der Waals surface area contributed by atoms with E-state index in [2.05, 4.69) is 22.1 Å². The standard InChI is InChI=1S/C15H21N3O2/c1-12-4-5-14(15(10-12)19-3)20-9-8-18(2)11-13-6-7-16-17-13/h4-7,10H,8-9,11H2,1-3H3,(H,16,17). The first-order valence-electron chi connectivity index (χ1n) is 6.63. The van der Waals surface area contributed by atoms with Gasteiger partial charge in [-0.25, -0.2) is 0 Å². The van der Waals surface area contributed by atoms with Crippen LogP contribution in [0.4, 0.5) is 0 Å². The summed E-state index contributed by atoms with van der Waals surface area (Å²) in [7, 11) is 3.71. The molecule has 0 amide bonds. The smallest absolute Gasteiger partial charge is 0.161 e. The van der Waals surface area contributed by atoms with E-state index in [1.165, 1.54) is 0 Å². The second-order valence-corrected chi connectivity index (χ2v) is 4.82. The minimum atomic E-state index is 0.615. The highest BCUT2D eigenvalue weighted by Crippen LogP contribution is 2.27. The fourth-order valence-corrected chi connectivity index (χ4v) is 1.95. The molecular formula is C15H21N3O2. The molecule has 0 aliphatic carbocycles. The van der Waals surface area contributed by atoms with Crippen molar-refractivity contribution in [3.05, 3.63) is 41.7 Å². The van der Waals surface area contributed by atoms with E-state index in [0.717, 1.165) is 35.8 Å². The fraction of sp³-hybridized carbons (Fsp3) is 0.400. The third-order valence-corrected chi connectivity index (χ3v) is 3.05. The summed E-state index contributed by atoms with van der Waals surface area (Å²) in [6.45, 7) is 4.30. The minimum absolute atomic E-state index is 0.615. The summed E-state index contributed by atoms with van der Waals surface area (Å²) in [5.74, 6) is 1.56. The zero-order valence-corrected chi connectivity index (χ0v) is 12.2. The second kappa shape index (κ2) is 6.96. The molecule has 1 aromatic carbocycles. The van der Waals surface area contributed by atoms with E-state index in [1.54, 1.807) is 13.3 Å². The number of ether oxygens (including phenoxy) is 2. The Balaban J connectivity index is 1.80. The van der Waals surface area contributed by atoms with Gasteiger partial charge in [-0.15, -0.1) is 0 Å². The Kier molecular flexibility index (Phi) is 5.01. The summed E-state index contributed by atoms with van der Waals surface area (Å²) in [6, 6.07) is 7.92. The first-order chi connectivity index (χ1) is 9.69. The minimum Gasteiger partial charge on any atom is -0.493 e. The molecule has 5 heteroatoms. The lowest BCUT2D eigenvalue weighted by molar-refractivity contribution is 0.224.